The minimum Gasteiger partial charge on any atom is -0.467 e. The molecule has 2 rings (SSSR count). The molecule has 0 aliphatic carbocycles. The van der Waals surface area contributed by atoms with Crippen molar-refractivity contribution >= 4 is 21.9 Å². The van der Waals surface area contributed by atoms with Gasteiger partial charge in [-0.1, -0.05) is 0 Å². The third-order valence-corrected chi connectivity index (χ3v) is 2.12. The Kier molecular flexibility index (Phi) is 3.33. The zero-order valence-corrected chi connectivity index (χ0v) is 10.4. The van der Waals surface area contributed by atoms with Crippen molar-refractivity contribution in [2.24, 2.45) is 0 Å². The van der Waals surface area contributed by atoms with Crippen LogP contribution in [0.1, 0.15) is 0 Å². The quantitative estimate of drug-likeness (QED) is 0.915. The van der Waals surface area contributed by atoms with Gasteiger partial charge >= 0.3 is 12.0 Å². The van der Waals surface area contributed by atoms with E-state index in [2.05, 4.69) is 35.9 Å². The van der Waals surface area contributed by atoms with Crippen LogP contribution < -0.4 is 15.2 Å². The van der Waals surface area contributed by atoms with Crippen molar-refractivity contribution in [1.29, 1.82) is 0 Å². The zero-order valence-electron chi connectivity index (χ0n) is 8.79. The van der Waals surface area contributed by atoms with Crippen LogP contribution >= 0.6 is 15.9 Å². The third kappa shape index (κ3) is 3.00. The molecule has 0 aliphatic rings. The molecule has 2 aromatic heterocycles. The predicted octanol–water partition coefficient (Wildman–Crippen LogP) is 1.41. The Morgan fingerprint density at radius 1 is 1.18 bits per heavy atom. The van der Waals surface area contributed by atoms with E-state index in [1.807, 2.05) is 0 Å². The Balaban J connectivity index is 2.26. The van der Waals surface area contributed by atoms with Gasteiger partial charge in [-0.2, -0.15) is 9.97 Å². The average molecular weight is 298 g/mol. The Labute approximate surface area is 105 Å². The summed E-state index contributed by atoms with van der Waals surface area (Å²) < 4.78 is 11.0. The van der Waals surface area contributed by atoms with Crippen LogP contribution in [0.5, 0.6) is 17.8 Å². The fourth-order valence-corrected chi connectivity index (χ4v) is 1.39. The van der Waals surface area contributed by atoms with Crippen LogP contribution in [-0.4, -0.2) is 27.0 Å². The van der Waals surface area contributed by atoms with Crippen LogP contribution in [0, 0.1) is 0 Å². The summed E-state index contributed by atoms with van der Waals surface area (Å²) in [5, 5.41) is 0. The molecule has 7 nitrogen and oxygen atoms in total. The standard InChI is InChI=1S/C9H8BrN5O2/c1-16-8-13-7(11)14-9(15-8)17-6-2-5(10)3-12-4-6/h2-4H,1H3,(H2,11,13,14,15). The molecule has 0 atom stereocenters. The van der Waals surface area contributed by atoms with Gasteiger partial charge in [0.2, 0.25) is 5.95 Å². The lowest BCUT2D eigenvalue weighted by atomic mass is 10.5. The summed E-state index contributed by atoms with van der Waals surface area (Å²) in [7, 11) is 1.43. The number of hydrogen-bond acceptors (Lipinski definition) is 7. The molecular formula is C9H8BrN5O2. The first-order valence-corrected chi connectivity index (χ1v) is 5.30. The minimum absolute atomic E-state index is 0.0230. The number of pyridine rings is 1. The summed E-state index contributed by atoms with van der Waals surface area (Å²) in [6.07, 6.45) is 3.16. The first kappa shape index (κ1) is 11.5. The topological polar surface area (TPSA) is 96.0 Å². The van der Waals surface area contributed by atoms with E-state index in [-0.39, 0.29) is 18.0 Å². The van der Waals surface area contributed by atoms with Crippen LogP contribution in [0.3, 0.4) is 0 Å². The van der Waals surface area contributed by atoms with Crippen molar-refractivity contribution in [3.63, 3.8) is 0 Å². The zero-order chi connectivity index (χ0) is 12.3. The van der Waals surface area contributed by atoms with E-state index in [0.717, 1.165) is 4.47 Å². The highest BCUT2D eigenvalue weighted by atomic mass is 79.9. The van der Waals surface area contributed by atoms with Gasteiger partial charge in [-0.05, 0) is 22.0 Å². The van der Waals surface area contributed by atoms with Crippen LogP contribution in [0.4, 0.5) is 5.95 Å². The lowest BCUT2D eigenvalue weighted by Gasteiger charge is -2.05. The van der Waals surface area contributed by atoms with Crippen LogP contribution in [0.2, 0.25) is 0 Å². The Morgan fingerprint density at radius 3 is 2.65 bits per heavy atom. The largest absolute Gasteiger partial charge is 0.467 e. The fourth-order valence-electron chi connectivity index (χ4n) is 1.04. The molecule has 2 heterocycles. The summed E-state index contributed by atoms with van der Waals surface area (Å²) in [5.74, 6) is 0.502. The van der Waals surface area contributed by atoms with Gasteiger partial charge < -0.3 is 15.2 Å². The molecule has 17 heavy (non-hydrogen) atoms. The van der Waals surface area contributed by atoms with Crippen molar-refractivity contribution in [2.75, 3.05) is 12.8 Å². The van der Waals surface area contributed by atoms with E-state index in [0.29, 0.717) is 5.75 Å². The summed E-state index contributed by atoms with van der Waals surface area (Å²) >= 11 is 3.27. The maximum Gasteiger partial charge on any atom is 0.330 e. The summed E-state index contributed by atoms with van der Waals surface area (Å²) in [5.41, 5.74) is 5.47. The second kappa shape index (κ2) is 4.91. The molecular weight excluding hydrogens is 290 g/mol. The fraction of sp³-hybridized carbons (Fsp3) is 0.111. The van der Waals surface area contributed by atoms with Crippen molar-refractivity contribution in [3.8, 4) is 17.8 Å². The van der Waals surface area contributed by atoms with Gasteiger partial charge in [-0.3, -0.25) is 4.98 Å². The smallest absolute Gasteiger partial charge is 0.330 e. The normalized spacial score (nSPS) is 10.0. The van der Waals surface area contributed by atoms with E-state index in [1.165, 1.54) is 13.3 Å². The van der Waals surface area contributed by atoms with E-state index < -0.39 is 0 Å². The van der Waals surface area contributed by atoms with Gasteiger partial charge in [0.15, 0.2) is 5.75 Å². The van der Waals surface area contributed by atoms with Crippen molar-refractivity contribution < 1.29 is 9.47 Å². The predicted molar refractivity (Wildman–Crippen MR) is 62.8 cm³/mol. The SMILES string of the molecule is COc1nc(N)nc(Oc2cncc(Br)c2)n1. The van der Waals surface area contributed by atoms with Crippen LogP contribution in [0.15, 0.2) is 22.9 Å². The molecule has 0 unspecified atom stereocenters. The van der Waals surface area contributed by atoms with Gasteiger partial charge in [0.25, 0.3) is 0 Å². The highest BCUT2D eigenvalue weighted by Gasteiger charge is 2.07. The number of methoxy groups -OCH3 is 1. The molecule has 0 bridgehead atoms. The monoisotopic (exact) mass is 297 g/mol. The maximum absolute atomic E-state index is 5.47. The molecule has 0 spiro atoms. The molecule has 88 valence electrons. The number of rotatable bonds is 3. The third-order valence-electron chi connectivity index (χ3n) is 1.68. The molecule has 0 aromatic carbocycles. The Bertz CT molecular complexity index is 537. The molecule has 0 saturated heterocycles. The second-order valence-electron chi connectivity index (χ2n) is 2.90. The lowest BCUT2D eigenvalue weighted by molar-refractivity contribution is 0.360. The molecule has 0 radical (unpaired) electrons. The summed E-state index contributed by atoms with van der Waals surface area (Å²) in [4.78, 5) is 15.4. The molecule has 8 heteroatoms. The number of nitrogens with zero attached hydrogens (tertiary/aromatic N) is 4. The van der Waals surface area contributed by atoms with Crippen molar-refractivity contribution in [1.82, 2.24) is 19.9 Å². The van der Waals surface area contributed by atoms with Gasteiger partial charge in [0.1, 0.15) is 0 Å². The summed E-state index contributed by atoms with van der Waals surface area (Å²) in [6.45, 7) is 0. The van der Waals surface area contributed by atoms with E-state index in [4.69, 9.17) is 15.2 Å². The average Bonchev–Trinajstić information content (AvgIpc) is 2.28. The minimum atomic E-state index is 0.0230. The first-order valence-electron chi connectivity index (χ1n) is 4.51. The molecule has 2 N–H and O–H groups in total. The Hall–Kier alpha value is -1.96. The van der Waals surface area contributed by atoms with Crippen molar-refractivity contribution in [2.45, 2.75) is 0 Å². The number of nitrogens with two attached hydrogens (primary N) is 1. The number of aromatic nitrogens is 4. The van der Waals surface area contributed by atoms with Gasteiger partial charge in [0.05, 0.1) is 13.3 Å². The molecule has 0 aliphatic heterocycles. The number of anilines is 1. The molecule has 2 aromatic rings. The van der Waals surface area contributed by atoms with Crippen LogP contribution in [0.25, 0.3) is 0 Å². The maximum atomic E-state index is 5.47. The van der Waals surface area contributed by atoms with Crippen molar-refractivity contribution in [3.05, 3.63) is 22.9 Å². The second-order valence-corrected chi connectivity index (χ2v) is 3.82. The number of halogens is 1. The van der Waals surface area contributed by atoms with E-state index in [9.17, 15) is 0 Å². The Morgan fingerprint density at radius 2 is 1.94 bits per heavy atom. The molecule has 0 saturated carbocycles. The highest BCUT2D eigenvalue weighted by molar-refractivity contribution is 9.10. The lowest BCUT2D eigenvalue weighted by Crippen LogP contribution is -2.02. The van der Waals surface area contributed by atoms with E-state index in [1.54, 1.807) is 12.3 Å². The number of hydrogen-bond donors (Lipinski definition) is 1. The van der Waals surface area contributed by atoms with Gasteiger partial charge in [-0.25, -0.2) is 0 Å². The highest BCUT2D eigenvalue weighted by Crippen LogP contribution is 2.21. The van der Waals surface area contributed by atoms with Crippen LogP contribution in [-0.2, 0) is 0 Å². The molecule has 0 amide bonds. The first-order chi connectivity index (χ1) is 8.17. The molecule has 0 fully saturated rings. The van der Waals surface area contributed by atoms with Gasteiger partial charge in [0, 0.05) is 10.7 Å². The van der Waals surface area contributed by atoms with E-state index >= 15 is 0 Å². The van der Waals surface area contributed by atoms with Gasteiger partial charge in [-0.15, -0.1) is 4.98 Å². The number of ether oxygens (including phenoxy) is 2. The summed E-state index contributed by atoms with van der Waals surface area (Å²) in [6, 6.07) is 1.86. The number of nitrogen functional groups attached to an aromatic ring is 1.